The van der Waals surface area contributed by atoms with E-state index >= 15 is 0 Å². The number of nitrogen functional groups attached to an aromatic ring is 1. The van der Waals surface area contributed by atoms with Crippen molar-refractivity contribution < 1.29 is 17.9 Å². The summed E-state index contributed by atoms with van der Waals surface area (Å²) in [6.07, 6.45) is -4.42. The van der Waals surface area contributed by atoms with E-state index in [0.717, 1.165) is 12.1 Å². The molecule has 0 bridgehead atoms. The Labute approximate surface area is 127 Å². The summed E-state index contributed by atoms with van der Waals surface area (Å²) in [5.41, 5.74) is 5.05. The van der Waals surface area contributed by atoms with Crippen LogP contribution < -0.4 is 10.5 Å². The first-order valence-electron chi connectivity index (χ1n) is 5.76. The fourth-order valence-electron chi connectivity index (χ4n) is 1.61. The smallest absolute Gasteiger partial charge is 0.416 e. The van der Waals surface area contributed by atoms with Crippen molar-refractivity contribution in [2.45, 2.75) is 6.18 Å². The third-order valence-electron chi connectivity index (χ3n) is 2.63. The summed E-state index contributed by atoms with van der Waals surface area (Å²) in [5.74, 6) is 0.293. The zero-order valence-corrected chi connectivity index (χ0v) is 12.1. The maximum atomic E-state index is 12.6. The number of nitrogens with one attached hydrogen (secondary N) is 1. The summed E-state index contributed by atoms with van der Waals surface area (Å²) in [5, 5.41) is 7.31. The highest BCUT2D eigenvalue weighted by atomic mass is 79.9. The van der Waals surface area contributed by atoms with E-state index in [1.54, 1.807) is 12.1 Å². The van der Waals surface area contributed by atoms with Crippen LogP contribution in [0.15, 0.2) is 46.9 Å². The molecule has 110 valence electrons. The molecule has 0 radical (unpaired) electrons. The van der Waals surface area contributed by atoms with Crippen LogP contribution in [0.5, 0.6) is 11.5 Å². The lowest BCUT2D eigenvalue weighted by molar-refractivity contribution is -0.137. The van der Waals surface area contributed by atoms with E-state index in [1.807, 2.05) is 0 Å². The molecule has 0 heterocycles. The number of ether oxygens (including phenoxy) is 1. The molecule has 0 saturated carbocycles. The molecular formula is C14H10BrF3N2O. The number of hydrogen-bond acceptors (Lipinski definition) is 2. The van der Waals surface area contributed by atoms with E-state index in [4.69, 9.17) is 15.9 Å². The van der Waals surface area contributed by atoms with Crippen molar-refractivity contribution in [3.63, 3.8) is 0 Å². The Morgan fingerprint density at radius 1 is 1.14 bits per heavy atom. The number of halogens is 4. The highest BCUT2D eigenvalue weighted by Crippen LogP contribution is 2.34. The average molecular weight is 359 g/mol. The Bertz CT molecular complexity index is 686. The van der Waals surface area contributed by atoms with Crippen LogP contribution in [0.3, 0.4) is 0 Å². The molecule has 0 atom stereocenters. The van der Waals surface area contributed by atoms with Gasteiger partial charge in [0, 0.05) is 5.56 Å². The molecule has 2 rings (SSSR count). The molecule has 0 unspecified atom stereocenters. The van der Waals surface area contributed by atoms with E-state index in [9.17, 15) is 13.2 Å². The van der Waals surface area contributed by atoms with Crippen LogP contribution in [0.25, 0.3) is 0 Å². The fraction of sp³-hybridized carbons (Fsp3) is 0.0714. The zero-order valence-electron chi connectivity index (χ0n) is 10.5. The van der Waals surface area contributed by atoms with Gasteiger partial charge in [-0.2, -0.15) is 13.2 Å². The molecule has 0 aliphatic heterocycles. The van der Waals surface area contributed by atoms with Gasteiger partial charge < -0.3 is 10.5 Å². The summed E-state index contributed by atoms with van der Waals surface area (Å²) in [4.78, 5) is 0. The molecule has 0 fully saturated rings. The van der Waals surface area contributed by atoms with Crippen molar-refractivity contribution in [1.82, 2.24) is 0 Å². The number of alkyl halides is 3. The molecule has 3 N–H and O–H groups in total. The number of rotatable bonds is 3. The van der Waals surface area contributed by atoms with Crippen molar-refractivity contribution in [3.8, 4) is 11.5 Å². The highest BCUT2D eigenvalue weighted by Gasteiger charge is 2.30. The first kappa shape index (κ1) is 15.4. The lowest BCUT2D eigenvalue weighted by Gasteiger charge is -2.11. The molecule has 2 aromatic rings. The Kier molecular flexibility index (Phi) is 4.22. The Balaban J connectivity index is 2.28. The van der Waals surface area contributed by atoms with Gasteiger partial charge in [-0.1, -0.05) is 6.07 Å². The van der Waals surface area contributed by atoms with Crippen molar-refractivity contribution in [3.05, 3.63) is 58.1 Å². The number of amidine groups is 1. The van der Waals surface area contributed by atoms with Crippen LogP contribution in [0.2, 0.25) is 0 Å². The predicted octanol–water partition coefficient (Wildman–Crippen LogP) is 4.54. The second kappa shape index (κ2) is 5.77. The van der Waals surface area contributed by atoms with Gasteiger partial charge in [-0.15, -0.1) is 0 Å². The number of hydrogen-bond donors (Lipinski definition) is 2. The topological polar surface area (TPSA) is 59.1 Å². The van der Waals surface area contributed by atoms with Crippen LogP contribution in [-0.2, 0) is 6.18 Å². The first-order valence-corrected chi connectivity index (χ1v) is 6.56. The molecule has 0 aliphatic rings. The largest absolute Gasteiger partial charge is 0.456 e. The average Bonchev–Trinajstić information content (AvgIpc) is 2.40. The SMILES string of the molecule is N=C(N)c1ccc(Oc2cccc(C(F)(F)F)c2)c(Br)c1. The molecule has 0 spiro atoms. The minimum atomic E-state index is -4.42. The van der Waals surface area contributed by atoms with Crippen molar-refractivity contribution in [2.24, 2.45) is 5.73 Å². The summed E-state index contributed by atoms with van der Waals surface area (Å²) < 4.78 is 43.8. The van der Waals surface area contributed by atoms with Crippen LogP contribution in [0.1, 0.15) is 11.1 Å². The van der Waals surface area contributed by atoms with Gasteiger partial charge in [0.25, 0.3) is 0 Å². The van der Waals surface area contributed by atoms with Gasteiger partial charge in [-0.05, 0) is 52.3 Å². The minimum Gasteiger partial charge on any atom is -0.456 e. The standard InChI is InChI=1S/C14H10BrF3N2O/c15-11-6-8(13(19)20)4-5-12(11)21-10-3-1-2-9(7-10)14(16,17)18/h1-7H,(H3,19,20). The van der Waals surface area contributed by atoms with Crippen molar-refractivity contribution >= 4 is 21.8 Å². The molecule has 3 nitrogen and oxygen atoms in total. The summed E-state index contributed by atoms with van der Waals surface area (Å²) >= 11 is 3.23. The van der Waals surface area contributed by atoms with Gasteiger partial charge in [0.05, 0.1) is 10.0 Å². The molecule has 21 heavy (non-hydrogen) atoms. The van der Waals surface area contributed by atoms with Gasteiger partial charge in [0.2, 0.25) is 0 Å². The maximum absolute atomic E-state index is 12.6. The van der Waals surface area contributed by atoms with E-state index in [1.165, 1.54) is 18.2 Å². The monoisotopic (exact) mass is 358 g/mol. The molecule has 0 aliphatic carbocycles. The van der Waals surface area contributed by atoms with E-state index in [-0.39, 0.29) is 11.6 Å². The number of benzene rings is 2. The van der Waals surface area contributed by atoms with Crippen LogP contribution in [0, 0.1) is 5.41 Å². The molecular weight excluding hydrogens is 349 g/mol. The molecule has 2 aromatic carbocycles. The number of nitrogens with two attached hydrogens (primary N) is 1. The Hall–Kier alpha value is -2.02. The third-order valence-corrected chi connectivity index (χ3v) is 3.25. The predicted molar refractivity (Wildman–Crippen MR) is 76.7 cm³/mol. The first-order chi connectivity index (χ1) is 9.77. The second-order valence-electron chi connectivity index (χ2n) is 4.19. The highest BCUT2D eigenvalue weighted by molar-refractivity contribution is 9.10. The quantitative estimate of drug-likeness (QED) is 0.624. The van der Waals surface area contributed by atoms with E-state index in [0.29, 0.717) is 15.8 Å². The van der Waals surface area contributed by atoms with Gasteiger partial charge in [-0.25, -0.2) is 0 Å². The maximum Gasteiger partial charge on any atom is 0.416 e. The normalized spacial score (nSPS) is 11.2. The molecule has 7 heteroatoms. The second-order valence-corrected chi connectivity index (χ2v) is 5.04. The van der Waals surface area contributed by atoms with Gasteiger partial charge in [0.15, 0.2) is 0 Å². The van der Waals surface area contributed by atoms with Gasteiger partial charge in [0.1, 0.15) is 17.3 Å². The minimum absolute atomic E-state index is 0.0705. The van der Waals surface area contributed by atoms with Crippen molar-refractivity contribution in [1.29, 1.82) is 5.41 Å². The lowest BCUT2D eigenvalue weighted by atomic mass is 10.2. The zero-order chi connectivity index (χ0) is 15.6. The van der Waals surface area contributed by atoms with Crippen LogP contribution >= 0.6 is 15.9 Å². The fourth-order valence-corrected chi connectivity index (χ4v) is 2.07. The lowest BCUT2D eigenvalue weighted by Crippen LogP contribution is -2.10. The summed E-state index contributed by atoms with van der Waals surface area (Å²) in [6.45, 7) is 0. The van der Waals surface area contributed by atoms with E-state index in [2.05, 4.69) is 15.9 Å². The summed E-state index contributed by atoms with van der Waals surface area (Å²) in [7, 11) is 0. The van der Waals surface area contributed by atoms with Crippen molar-refractivity contribution in [2.75, 3.05) is 0 Å². The summed E-state index contributed by atoms with van der Waals surface area (Å²) in [6, 6.07) is 9.24. The Morgan fingerprint density at radius 2 is 1.86 bits per heavy atom. The van der Waals surface area contributed by atoms with E-state index < -0.39 is 11.7 Å². The molecule has 0 aromatic heterocycles. The Morgan fingerprint density at radius 3 is 2.43 bits per heavy atom. The molecule has 0 saturated heterocycles. The van der Waals surface area contributed by atoms with Gasteiger partial charge in [-0.3, -0.25) is 5.41 Å². The third kappa shape index (κ3) is 3.75. The molecule has 0 amide bonds. The van der Waals surface area contributed by atoms with Crippen LogP contribution in [-0.4, -0.2) is 5.84 Å². The van der Waals surface area contributed by atoms with Gasteiger partial charge >= 0.3 is 6.18 Å². The van der Waals surface area contributed by atoms with Crippen LogP contribution in [0.4, 0.5) is 13.2 Å².